The van der Waals surface area contributed by atoms with E-state index in [-0.39, 0.29) is 17.7 Å². The lowest BCUT2D eigenvalue weighted by molar-refractivity contribution is -0.145. The van der Waals surface area contributed by atoms with Crippen LogP contribution in [0.3, 0.4) is 0 Å². The van der Waals surface area contributed by atoms with E-state index in [9.17, 15) is 9.59 Å². The van der Waals surface area contributed by atoms with E-state index < -0.39 is 5.97 Å². The van der Waals surface area contributed by atoms with Gasteiger partial charge in [-0.2, -0.15) is 0 Å². The van der Waals surface area contributed by atoms with Gasteiger partial charge in [0.05, 0.1) is 5.92 Å². The quantitative estimate of drug-likeness (QED) is 0.813. The van der Waals surface area contributed by atoms with Crippen LogP contribution >= 0.6 is 0 Å². The number of carbonyl (C=O) groups is 2. The highest BCUT2D eigenvalue weighted by Gasteiger charge is 2.33. The summed E-state index contributed by atoms with van der Waals surface area (Å²) in [6, 6.07) is 0. The number of nitrogens with zero attached hydrogens (tertiary/aromatic N) is 1. The van der Waals surface area contributed by atoms with Gasteiger partial charge in [-0.05, 0) is 38.0 Å². The molecule has 2 rings (SSSR count). The molecule has 0 spiro atoms. The minimum absolute atomic E-state index is 0.0615. The van der Waals surface area contributed by atoms with Crippen molar-refractivity contribution in [2.75, 3.05) is 13.6 Å². The second-order valence-electron chi connectivity index (χ2n) is 5.56. The highest BCUT2D eigenvalue weighted by Crippen LogP contribution is 2.33. The van der Waals surface area contributed by atoms with Crippen molar-refractivity contribution >= 4 is 11.9 Å². The Labute approximate surface area is 102 Å². The number of carboxylic acid groups (broad SMARTS) is 1. The van der Waals surface area contributed by atoms with Crippen LogP contribution in [-0.4, -0.2) is 35.5 Å². The molecule has 2 saturated carbocycles. The molecule has 0 aromatic heterocycles. The van der Waals surface area contributed by atoms with Crippen LogP contribution in [0.1, 0.15) is 38.5 Å². The molecule has 2 aliphatic carbocycles. The summed E-state index contributed by atoms with van der Waals surface area (Å²) in [6.07, 6.45) is 5.46. The van der Waals surface area contributed by atoms with Gasteiger partial charge in [0, 0.05) is 19.5 Å². The summed E-state index contributed by atoms with van der Waals surface area (Å²) in [6.45, 7) is 0.854. The first kappa shape index (κ1) is 12.4. The van der Waals surface area contributed by atoms with Gasteiger partial charge in [-0.25, -0.2) is 0 Å². The molecule has 1 amide bonds. The zero-order valence-corrected chi connectivity index (χ0v) is 10.4. The Balaban J connectivity index is 1.86. The van der Waals surface area contributed by atoms with Crippen molar-refractivity contribution in [1.82, 2.24) is 4.90 Å². The third-order valence-corrected chi connectivity index (χ3v) is 3.98. The molecule has 0 aromatic rings. The fraction of sp³-hybridized carbons (Fsp3) is 0.846. The molecule has 0 saturated heterocycles. The van der Waals surface area contributed by atoms with Crippen molar-refractivity contribution in [1.29, 1.82) is 0 Å². The molecule has 4 nitrogen and oxygen atoms in total. The van der Waals surface area contributed by atoms with Crippen molar-refractivity contribution in [3.63, 3.8) is 0 Å². The van der Waals surface area contributed by atoms with Crippen molar-refractivity contribution < 1.29 is 14.7 Å². The van der Waals surface area contributed by atoms with Crippen LogP contribution in [0.25, 0.3) is 0 Å². The van der Waals surface area contributed by atoms with Crippen LogP contribution in [0.15, 0.2) is 0 Å². The molecule has 0 radical (unpaired) electrons. The Morgan fingerprint density at radius 2 is 1.82 bits per heavy atom. The van der Waals surface area contributed by atoms with Crippen molar-refractivity contribution in [3.05, 3.63) is 0 Å². The molecule has 0 aromatic carbocycles. The topological polar surface area (TPSA) is 57.6 Å². The fourth-order valence-corrected chi connectivity index (χ4v) is 2.73. The Bertz CT molecular complexity index is 312. The molecule has 2 fully saturated rings. The molecular weight excluding hydrogens is 218 g/mol. The number of hydrogen-bond donors (Lipinski definition) is 1. The van der Waals surface area contributed by atoms with E-state index in [4.69, 9.17) is 5.11 Å². The lowest BCUT2D eigenvalue weighted by atomic mass is 9.81. The van der Waals surface area contributed by atoms with Gasteiger partial charge in [0.15, 0.2) is 0 Å². The maximum atomic E-state index is 12.2. The van der Waals surface area contributed by atoms with Gasteiger partial charge < -0.3 is 10.0 Å². The number of aliphatic carboxylic acids is 1. The summed E-state index contributed by atoms with van der Waals surface area (Å²) < 4.78 is 0. The normalized spacial score (nSPS) is 28.8. The molecule has 0 bridgehead atoms. The SMILES string of the molecule is CN(CC1CC1)C(=O)C1CCCC(C(=O)O)C1. The van der Waals surface area contributed by atoms with Crippen LogP contribution in [-0.2, 0) is 9.59 Å². The summed E-state index contributed by atoms with van der Waals surface area (Å²) in [7, 11) is 1.85. The van der Waals surface area contributed by atoms with Gasteiger partial charge in [-0.1, -0.05) is 6.42 Å². The van der Waals surface area contributed by atoms with Crippen molar-refractivity contribution in [2.24, 2.45) is 17.8 Å². The second kappa shape index (κ2) is 5.07. The standard InChI is InChI=1S/C13H21NO3/c1-14(8-9-5-6-9)12(15)10-3-2-4-11(7-10)13(16)17/h9-11H,2-8H2,1H3,(H,16,17). The average molecular weight is 239 g/mol. The maximum absolute atomic E-state index is 12.2. The van der Waals surface area contributed by atoms with Crippen LogP contribution in [0, 0.1) is 17.8 Å². The predicted octanol–water partition coefficient (Wildman–Crippen LogP) is 1.75. The van der Waals surface area contributed by atoms with E-state index in [0.717, 1.165) is 25.8 Å². The third kappa shape index (κ3) is 3.20. The summed E-state index contributed by atoms with van der Waals surface area (Å²) >= 11 is 0. The average Bonchev–Trinajstić information content (AvgIpc) is 3.12. The van der Waals surface area contributed by atoms with E-state index in [2.05, 4.69) is 0 Å². The van der Waals surface area contributed by atoms with Crippen molar-refractivity contribution in [3.8, 4) is 0 Å². The first-order chi connectivity index (χ1) is 8.08. The minimum atomic E-state index is -0.743. The molecule has 2 atom stereocenters. The highest BCUT2D eigenvalue weighted by molar-refractivity contribution is 5.80. The third-order valence-electron chi connectivity index (χ3n) is 3.98. The fourth-order valence-electron chi connectivity index (χ4n) is 2.73. The monoisotopic (exact) mass is 239 g/mol. The maximum Gasteiger partial charge on any atom is 0.306 e. The highest BCUT2D eigenvalue weighted by atomic mass is 16.4. The second-order valence-corrected chi connectivity index (χ2v) is 5.56. The van der Waals surface area contributed by atoms with E-state index in [1.54, 1.807) is 0 Å². The van der Waals surface area contributed by atoms with E-state index >= 15 is 0 Å². The van der Waals surface area contributed by atoms with Gasteiger partial charge in [0.2, 0.25) is 5.91 Å². The molecule has 0 heterocycles. The van der Waals surface area contributed by atoms with Crippen LogP contribution in [0.5, 0.6) is 0 Å². The summed E-state index contributed by atoms with van der Waals surface area (Å²) in [5, 5.41) is 9.01. The molecular formula is C13H21NO3. The van der Waals surface area contributed by atoms with Gasteiger partial charge in [-0.15, -0.1) is 0 Å². The lowest BCUT2D eigenvalue weighted by Crippen LogP contribution is -2.37. The summed E-state index contributed by atoms with van der Waals surface area (Å²) in [5.41, 5.74) is 0. The van der Waals surface area contributed by atoms with Crippen LogP contribution < -0.4 is 0 Å². The number of rotatable bonds is 4. The van der Waals surface area contributed by atoms with Gasteiger partial charge in [0.1, 0.15) is 0 Å². The van der Waals surface area contributed by atoms with Gasteiger partial charge in [-0.3, -0.25) is 9.59 Å². The molecule has 2 unspecified atom stereocenters. The largest absolute Gasteiger partial charge is 0.481 e. The van der Waals surface area contributed by atoms with E-state index in [1.807, 2.05) is 11.9 Å². The van der Waals surface area contributed by atoms with E-state index in [0.29, 0.717) is 12.3 Å². The summed E-state index contributed by atoms with van der Waals surface area (Å²) in [4.78, 5) is 24.9. The first-order valence-electron chi connectivity index (χ1n) is 6.55. The Hall–Kier alpha value is -1.06. The van der Waals surface area contributed by atoms with E-state index in [1.165, 1.54) is 12.8 Å². The molecule has 0 aliphatic heterocycles. The number of amides is 1. The molecule has 1 N–H and O–H groups in total. The van der Waals surface area contributed by atoms with Gasteiger partial charge in [0.25, 0.3) is 0 Å². The minimum Gasteiger partial charge on any atom is -0.481 e. The Morgan fingerprint density at radius 1 is 1.18 bits per heavy atom. The van der Waals surface area contributed by atoms with Gasteiger partial charge >= 0.3 is 5.97 Å². The zero-order valence-electron chi connectivity index (χ0n) is 10.4. The zero-order chi connectivity index (χ0) is 12.4. The van der Waals surface area contributed by atoms with Crippen LogP contribution in [0.4, 0.5) is 0 Å². The number of carboxylic acids is 1. The Morgan fingerprint density at radius 3 is 2.41 bits per heavy atom. The Kier molecular flexibility index (Phi) is 3.69. The number of carbonyl (C=O) groups excluding carboxylic acids is 1. The molecule has 2 aliphatic rings. The van der Waals surface area contributed by atoms with Crippen LogP contribution in [0.2, 0.25) is 0 Å². The predicted molar refractivity (Wildman–Crippen MR) is 63.4 cm³/mol. The first-order valence-corrected chi connectivity index (χ1v) is 6.55. The molecule has 17 heavy (non-hydrogen) atoms. The summed E-state index contributed by atoms with van der Waals surface area (Å²) in [5.74, 6) is -0.265. The number of hydrogen-bond acceptors (Lipinski definition) is 2. The smallest absolute Gasteiger partial charge is 0.306 e. The lowest BCUT2D eigenvalue weighted by Gasteiger charge is -2.29. The van der Waals surface area contributed by atoms with Crippen molar-refractivity contribution in [2.45, 2.75) is 38.5 Å². The molecule has 4 heteroatoms. The molecule has 96 valence electrons.